The highest BCUT2D eigenvalue weighted by molar-refractivity contribution is 5.57. The van der Waals surface area contributed by atoms with E-state index in [1.165, 1.54) is 0 Å². The Labute approximate surface area is 84.5 Å². The highest BCUT2D eigenvalue weighted by Crippen LogP contribution is 2.24. The Kier molecular flexibility index (Phi) is 3.77. The minimum Gasteiger partial charge on any atom is -0.491 e. The van der Waals surface area contributed by atoms with Crippen molar-refractivity contribution in [2.75, 3.05) is 12.3 Å². The molecule has 0 spiro atoms. The first-order chi connectivity index (χ1) is 6.61. The molecule has 1 aromatic rings. The lowest BCUT2D eigenvalue weighted by molar-refractivity contribution is 0.156. The molecule has 0 aromatic heterocycles. The van der Waals surface area contributed by atoms with Gasteiger partial charge in [-0.05, 0) is 25.5 Å². The summed E-state index contributed by atoms with van der Waals surface area (Å²) in [5.41, 5.74) is 7.50. The van der Waals surface area contributed by atoms with Crippen LogP contribution in [-0.4, -0.2) is 17.8 Å². The maximum Gasteiger partial charge on any atom is 0.142 e. The molecule has 0 aliphatic carbocycles. The fourth-order valence-corrected chi connectivity index (χ4v) is 1.12. The molecule has 0 amide bonds. The van der Waals surface area contributed by atoms with Crippen LogP contribution in [0.2, 0.25) is 0 Å². The fourth-order valence-electron chi connectivity index (χ4n) is 1.12. The fraction of sp³-hybridized carbons (Fsp3) is 0.455. The summed E-state index contributed by atoms with van der Waals surface area (Å²) in [5.74, 6) is 0.700. The highest BCUT2D eigenvalue weighted by atomic mass is 16.5. The molecule has 0 radical (unpaired) electrons. The van der Waals surface area contributed by atoms with Gasteiger partial charge in [0.2, 0.25) is 0 Å². The molecule has 3 heteroatoms. The van der Waals surface area contributed by atoms with Crippen LogP contribution >= 0.6 is 0 Å². The SMILES string of the molecule is Cc1cccc(OCCC(C)O)c1N. The quantitative estimate of drug-likeness (QED) is 0.719. The molecule has 0 aliphatic rings. The number of hydrogen-bond acceptors (Lipinski definition) is 3. The molecule has 1 rings (SSSR count). The summed E-state index contributed by atoms with van der Waals surface area (Å²) in [4.78, 5) is 0. The molecular formula is C11H17NO2. The van der Waals surface area contributed by atoms with Crippen molar-refractivity contribution < 1.29 is 9.84 Å². The van der Waals surface area contributed by atoms with Crippen molar-refractivity contribution in [3.63, 3.8) is 0 Å². The zero-order chi connectivity index (χ0) is 10.6. The number of nitrogens with two attached hydrogens (primary N) is 1. The maximum absolute atomic E-state index is 9.04. The van der Waals surface area contributed by atoms with E-state index in [1.807, 2.05) is 25.1 Å². The molecule has 0 fully saturated rings. The molecule has 14 heavy (non-hydrogen) atoms. The van der Waals surface area contributed by atoms with Gasteiger partial charge in [0.15, 0.2) is 0 Å². The van der Waals surface area contributed by atoms with E-state index in [0.29, 0.717) is 24.5 Å². The Balaban J connectivity index is 2.54. The minimum atomic E-state index is -0.332. The molecule has 0 heterocycles. The van der Waals surface area contributed by atoms with Crippen molar-refractivity contribution in [3.8, 4) is 5.75 Å². The number of benzene rings is 1. The molecule has 1 unspecified atom stereocenters. The van der Waals surface area contributed by atoms with Gasteiger partial charge in [0, 0.05) is 6.42 Å². The molecule has 0 bridgehead atoms. The molecule has 3 nitrogen and oxygen atoms in total. The normalized spacial score (nSPS) is 12.5. The van der Waals surface area contributed by atoms with Crippen molar-refractivity contribution in [2.24, 2.45) is 0 Å². The van der Waals surface area contributed by atoms with E-state index >= 15 is 0 Å². The lowest BCUT2D eigenvalue weighted by Crippen LogP contribution is -2.08. The second kappa shape index (κ2) is 4.86. The van der Waals surface area contributed by atoms with Crippen LogP contribution in [0.15, 0.2) is 18.2 Å². The number of anilines is 1. The molecule has 0 saturated heterocycles. The Morgan fingerprint density at radius 3 is 2.86 bits per heavy atom. The number of aliphatic hydroxyl groups is 1. The molecule has 1 aromatic carbocycles. The number of nitrogen functional groups attached to an aromatic ring is 1. The largest absolute Gasteiger partial charge is 0.491 e. The molecule has 0 saturated carbocycles. The summed E-state index contributed by atoms with van der Waals surface area (Å²) in [6.45, 7) is 4.17. The smallest absolute Gasteiger partial charge is 0.142 e. The van der Waals surface area contributed by atoms with Crippen molar-refractivity contribution >= 4 is 5.69 Å². The molecule has 3 N–H and O–H groups in total. The number of hydrogen-bond donors (Lipinski definition) is 2. The van der Waals surface area contributed by atoms with Gasteiger partial charge in [-0.25, -0.2) is 0 Å². The van der Waals surface area contributed by atoms with Crippen LogP contribution in [0.1, 0.15) is 18.9 Å². The van der Waals surface area contributed by atoms with E-state index in [9.17, 15) is 0 Å². The summed E-state index contributed by atoms with van der Waals surface area (Å²) < 4.78 is 5.44. The Hall–Kier alpha value is -1.22. The highest BCUT2D eigenvalue weighted by Gasteiger charge is 2.02. The average Bonchev–Trinajstić information content (AvgIpc) is 2.12. The van der Waals surface area contributed by atoms with Crippen LogP contribution < -0.4 is 10.5 Å². The van der Waals surface area contributed by atoms with E-state index in [2.05, 4.69) is 0 Å². The zero-order valence-corrected chi connectivity index (χ0v) is 8.66. The third-order valence-electron chi connectivity index (χ3n) is 2.08. The molecular weight excluding hydrogens is 178 g/mol. The minimum absolute atomic E-state index is 0.332. The van der Waals surface area contributed by atoms with Crippen LogP contribution in [0.5, 0.6) is 5.75 Å². The maximum atomic E-state index is 9.04. The zero-order valence-electron chi connectivity index (χ0n) is 8.66. The Morgan fingerprint density at radius 1 is 1.50 bits per heavy atom. The monoisotopic (exact) mass is 195 g/mol. The summed E-state index contributed by atoms with van der Waals surface area (Å²) in [5, 5.41) is 9.04. The van der Waals surface area contributed by atoms with Gasteiger partial charge in [-0.3, -0.25) is 0 Å². The van der Waals surface area contributed by atoms with Gasteiger partial charge in [-0.1, -0.05) is 12.1 Å². The lowest BCUT2D eigenvalue weighted by atomic mass is 10.2. The van der Waals surface area contributed by atoms with Crippen molar-refractivity contribution in [2.45, 2.75) is 26.4 Å². The number of ether oxygens (including phenoxy) is 1. The first-order valence-corrected chi connectivity index (χ1v) is 4.77. The Morgan fingerprint density at radius 2 is 2.21 bits per heavy atom. The topological polar surface area (TPSA) is 55.5 Å². The molecule has 78 valence electrons. The summed E-state index contributed by atoms with van der Waals surface area (Å²) in [6.07, 6.45) is 0.286. The molecule has 1 atom stereocenters. The second-order valence-corrected chi connectivity index (χ2v) is 3.47. The summed E-state index contributed by atoms with van der Waals surface area (Å²) >= 11 is 0. The van der Waals surface area contributed by atoms with Crippen LogP contribution in [-0.2, 0) is 0 Å². The second-order valence-electron chi connectivity index (χ2n) is 3.47. The van der Waals surface area contributed by atoms with Gasteiger partial charge in [0.1, 0.15) is 5.75 Å². The van der Waals surface area contributed by atoms with E-state index in [1.54, 1.807) is 6.92 Å². The van der Waals surface area contributed by atoms with Crippen LogP contribution in [0, 0.1) is 6.92 Å². The third kappa shape index (κ3) is 2.92. The summed E-state index contributed by atoms with van der Waals surface area (Å²) in [6, 6.07) is 5.69. The van der Waals surface area contributed by atoms with E-state index < -0.39 is 0 Å². The van der Waals surface area contributed by atoms with Gasteiger partial charge in [0.05, 0.1) is 18.4 Å². The number of rotatable bonds is 4. The first-order valence-electron chi connectivity index (χ1n) is 4.77. The summed E-state index contributed by atoms with van der Waals surface area (Å²) in [7, 11) is 0. The van der Waals surface area contributed by atoms with Crippen molar-refractivity contribution in [1.29, 1.82) is 0 Å². The molecule has 0 aliphatic heterocycles. The van der Waals surface area contributed by atoms with Crippen molar-refractivity contribution in [1.82, 2.24) is 0 Å². The van der Waals surface area contributed by atoms with Gasteiger partial charge >= 0.3 is 0 Å². The number of aliphatic hydroxyl groups excluding tert-OH is 1. The Bertz CT molecular complexity index is 297. The van der Waals surface area contributed by atoms with Gasteiger partial charge in [-0.15, -0.1) is 0 Å². The third-order valence-corrected chi connectivity index (χ3v) is 2.08. The average molecular weight is 195 g/mol. The van der Waals surface area contributed by atoms with E-state index in [4.69, 9.17) is 15.6 Å². The number of aryl methyl sites for hydroxylation is 1. The van der Waals surface area contributed by atoms with Gasteiger partial charge in [0.25, 0.3) is 0 Å². The van der Waals surface area contributed by atoms with E-state index in [-0.39, 0.29) is 6.10 Å². The van der Waals surface area contributed by atoms with Crippen LogP contribution in [0.25, 0.3) is 0 Å². The predicted molar refractivity (Wildman–Crippen MR) is 57.4 cm³/mol. The standard InChI is InChI=1S/C11H17NO2/c1-8-4-3-5-10(11(8)12)14-7-6-9(2)13/h3-5,9,13H,6-7,12H2,1-2H3. The van der Waals surface area contributed by atoms with Crippen LogP contribution in [0.4, 0.5) is 5.69 Å². The predicted octanol–water partition coefficient (Wildman–Crippen LogP) is 1.73. The van der Waals surface area contributed by atoms with Gasteiger partial charge < -0.3 is 15.6 Å². The van der Waals surface area contributed by atoms with Gasteiger partial charge in [-0.2, -0.15) is 0 Å². The van der Waals surface area contributed by atoms with E-state index in [0.717, 1.165) is 5.56 Å². The van der Waals surface area contributed by atoms with Crippen molar-refractivity contribution in [3.05, 3.63) is 23.8 Å². The lowest BCUT2D eigenvalue weighted by Gasteiger charge is -2.11. The van der Waals surface area contributed by atoms with Crippen LogP contribution in [0.3, 0.4) is 0 Å². The number of para-hydroxylation sites is 1. The first kappa shape index (κ1) is 10.9.